The van der Waals surface area contributed by atoms with Crippen molar-refractivity contribution >= 4 is 35.3 Å². The molecule has 0 aliphatic carbocycles. The summed E-state index contributed by atoms with van der Waals surface area (Å²) in [4.78, 5) is 12.7. The van der Waals surface area contributed by atoms with Gasteiger partial charge in [-0.1, -0.05) is 30.8 Å². The summed E-state index contributed by atoms with van der Waals surface area (Å²) >= 11 is 0. The van der Waals surface area contributed by atoms with Gasteiger partial charge in [-0.05, 0) is 62.4 Å². The van der Waals surface area contributed by atoms with Crippen molar-refractivity contribution < 1.29 is 17.6 Å². The number of hydrogen-bond donors (Lipinski definition) is 4. The summed E-state index contributed by atoms with van der Waals surface area (Å²) in [5.74, 6) is -0.122. The molecule has 6 N–H and O–H groups in total. The van der Waals surface area contributed by atoms with E-state index in [-0.39, 0.29) is 22.9 Å². The van der Waals surface area contributed by atoms with Crippen LogP contribution in [0.1, 0.15) is 48.2 Å². The summed E-state index contributed by atoms with van der Waals surface area (Å²) in [5, 5.41) is 6.15. The highest BCUT2D eigenvalue weighted by Crippen LogP contribution is 2.30. The molecular formula is C31H35F4N7. The molecular weight excluding hydrogens is 546 g/mol. The smallest absolute Gasteiger partial charge is 0.273 e. The van der Waals surface area contributed by atoms with Gasteiger partial charge in [0.05, 0.1) is 11.9 Å². The first-order chi connectivity index (χ1) is 20.1. The molecule has 0 saturated carbocycles. The molecule has 7 nitrogen and oxygen atoms in total. The van der Waals surface area contributed by atoms with Gasteiger partial charge in [0.2, 0.25) is 0 Å². The van der Waals surface area contributed by atoms with Crippen LogP contribution in [0.15, 0.2) is 83.6 Å². The van der Waals surface area contributed by atoms with Crippen LogP contribution < -0.4 is 22.1 Å². The zero-order chi connectivity index (χ0) is 30.6. The molecule has 0 spiro atoms. The average molecular weight is 582 g/mol. The fourth-order valence-corrected chi connectivity index (χ4v) is 3.92. The second-order valence-corrected chi connectivity index (χ2v) is 9.66. The predicted octanol–water partition coefficient (Wildman–Crippen LogP) is 6.72. The Balaban J connectivity index is 1.81. The Bertz CT molecular complexity index is 1400. The third-order valence-corrected chi connectivity index (χ3v) is 6.24. The van der Waals surface area contributed by atoms with Gasteiger partial charge < -0.3 is 22.1 Å². The number of alkyl halides is 3. The molecule has 222 valence electrons. The third-order valence-electron chi connectivity index (χ3n) is 6.24. The molecule has 11 heteroatoms. The van der Waals surface area contributed by atoms with Gasteiger partial charge in [-0.3, -0.25) is 9.98 Å². The normalized spacial score (nSPS) is 13.5. The van der Waals surface area contributed by atoms with Gasteiger partial charge in [-0.15, -0.1) is 0 Å². The van der Waals surface area contributed by atoms with Crippen LogP contribution in [0.3, 0.4) is 0 Å². The molecule has 2 atom stereocenters. The van der Waals surface area contributed by atoms with Crippen molar-refractivity contribution in [2.24, 2.45) is 21.5 Å². The van der Waals surface area contributed by atoms with Gasteiger partial charge in [-0.25, -0.2) is 22.5 Å². The van der Waals surface area contributed by atoms with Crippen LogP contribution in [-0.4, -0.2) is 36.4 Å². The van der Waals surface area contributed by atoms with E-state index in [4.69, 9.17) is 11.5 Å². The van der Waals surface area contributed by atoms with Crippen molar-refractivity contribution in [1.29, 1.82) is 0 Å². The number of pyridine rings is 1. The molecule has 2 aromatic carbocycles. The Hall–Kier alpha value is -4.35. The third kappa shape index (κ3) is 9.35. The van der Waals surface area contributed by atoms with E-state index in [1.807, 2.05) is 31.2 Å². The van der Waals surface area contributed by atoms with Crippen molar-refractivity contribution in [3.05, 3.63) is 102 Å². The maximum absolute atomic E-state index is 14.2. The van der Waals surface area contributed by atoms with E-state index in [0.717, 1.165) is 29.5 Å². The number of aromatic nitrogens is 1. The Morgan fingerprint density at radius 3 is 2.38 bits per heavy atom. The zero-order valence-corrected chi connectivity index (χ0v) is 23.3. The number of aliphatic imine (C=N–C) groups is 2. The van der Waals surface area contributed by atoms with Crippen LogP contribution in [-0.2, 0) is 6.54 Å². The lowest BCUT2D eigenvalue weighted by atomic mass is 10.1. The monoisotopic (exact) mass is 581 g/mol. The summed E-state index contributed by atoms with van der Waals surface area (Å²) in [6, 6.07) is 14.3. The molecule has 0 fully saturated rings. The number of nitrogens with one attached hydrogen (secondary N) is 2. The zero-order valence-electron chi connectivity index (χ0n) is 23.3. The minimum Gasteiger partial charge on any atom is -0.365 e. The Morgan fingerprint density at radius 1 is 1.10 bits per heavy atom. The number of benzene rings is 2. The molecule has 0 aliphatic heterocycles. The Labute approximate surface area is 243 Å². The summed E-state index contributed by atoms with van der Waals surface area (Å²) in [6.45, 7) is 10.0. The largest absolute Gasteiger partial charge is 0.365 e. The molecule has 0 aliphatic rings. The van der Waals surface area contributed by atoms with E-state index >= 15 is 0 Å². The van der Waals surface area contributed by atoms with Crippen molar-refractivity contribution in [2.45, 2.75) is 44.9 Å². The van der Waals surface area contributed by atoms with Crippen LogP contribution in [0.2, 0.25) is 0 Å². The van der Waals surface area contributed by atoms with Crippen LogP contribution in [0, 0.1) is 5.82 Å². The maximum Gasteiger partial charge on any atom is 0.273 e. The predicted molar refractivity (Wildman–Crippen MR) is 164 cm³/mol. The average Bonchev–Trinajstić information content (AvgIpc) is 2.98. The number of nitrogens with two attached hydrogens (primary N) is 2. The van der Waals surface area contributed by atoms with Crippen molar-refractivity contribution in [1.82, 2.24) is 4.98 Å². The van der Waals surface area contributed by atoms with E-state index in [1.54, 1.807) is 6.20 Å². The molecule has 1 aromatic heterocycles. The van der Waals surface area contributed by atoms with E-state index in [1.165, 1.54) is 30.3 Å². The van der Waals surface area contributed by atoms with Gasteiger partial charge in [0.25, 0.3) is 6.43 Å². The molecule has 0 bridgehead atoms. The minimum atomic E-state index is -3.21. The summed E-state index contributed by atoms with van der Waals surface area (Å²) in [5.41, 5.74) is 15.6. The lowest BCUT2D eigenvalue weighted by molar-refractivity contribution is 0.0494. The van der Waals surface area contributed by atoms with Gasteiger partial charge in [0.1, 0.15) is 11.6 Å². The summed E-state index contributed by atoms with van der Waals surface area (Å²) in [7, 11) is 0. The van der Waals surface area contributed by atoms with Gasteiger partial charge in [-0.2, -0.15) is 0 Å². The fourth-order valence-electron chi connectivity index (χ4n) is 3.92. The first-order valence-electron chi connectivity index (χ1n) is 13.3. The molecule has 0 saturated heterocycles. The second-order valence-electron chi connectivity index (χ2n) is 9.66. The van der Waals surface area contributed by atoms with Crippen molar-refractivity contribution in [2.75, 3.05) is 17.2 Å². The van der Waals surface area contributed by atoms with E-state index in [9.17, 15) is 17.6 Å². The highest BCUT2D eigenvalue weighted by atomic mass is 19.3. The number of halogens is 4. The second kappa shape index (κ2) is 15.6. The molecule has 1 heterocycles. The molecule has 3 aromatic rings. The molecule has 0 amide bonds. The van der Waals surface area contributed by atoms with E-state index in [2.05, 4.69) is 38.9 Å². The molecule has 0 radical (unpaired) electrons. The summed E-state index contributed by atoms with van der Waals surface area (Å²) in [6.07, 6.45) is -1.67. The minimum absolute atomic E-state index is 0.0308. The van der Waals surface area contributed by atoms with Gasteiger partial charge in [0.15, 0.2) is 6.17 Å². The first kappa shape index (κ1) is 32.2. The summed E-state index contributed by atoms with van der Waals surface area (Å²) < 4.78 is 53.6. The SMILES string of the molecule is C=N/C=C(\N=C(CN)CCC(C)N)c1ccc(CNc2ncc(C(F)C(F)F)cc2C(=C)Nc2ccc(F)cc2)cc1. The quantitative estimate of drug-likeness (QED) is 0.118. The number of hydrogen-bond acceptors (Lipinski definition) is 7. The highest BCUT2D eigenvalue weighted by molar-refractivity contribution is 5.91. The van der Waals surface area contributed by atoms with Gasteiger partial charge >= 0.3 is 0 Å². The molecule has 42 heavy (non-hydrogen) atoms. The lowest BCUT2D eigenvalue weighted by Crippen LogP contribution is -2.20. The van der Waals surface area contributed by atoms with Crippen LogP contribution in [0.25, 0.3) is 11.4 Å². The fraction of sp³-hybridized carbons (Fsp3) is 0.258. The maximum atomic E-state index is 14.2. The number of anilines is 2. The van der Waals surface area contributed by atoms with Crippen molar-refractivity contribution in [3.63, 3.8) is 0 Å². The molecule has 2 unspecified atom stereocenters. The number of nitrogens with zero attached hydrogens (tertiary/aromatic N) is 3. The van der Waals surface area contributed by atoms with Crippen LogP contribution in [0.5, 0.6) is 0 Å². The Kier molecular flexibility index (Phi) is 11.9. The van der Waals surface area contributed by atoms with E-state index in [0.29, 0.717) is 36.7 Å². The van der Waals surface area contributed by atoms with Gasteiger partial charge in [0, 0.05) is 59.1 Å². The van der Waals surface area contributed by atoms with Crippen LogP contribution in [0.4, 0.5) is 29.1 Å². The first-order valence-corrected chi connectivity index (χ1v) is 13.3. The standard InChI is InChI=1S/C31H35F4N7/c1-19(37)4-11-26(15-36)42-28(18-38-3)22-7-5-21(6-8-22)16-39-31-27(14-23(17-40-31)29(33)30(34)35)20(2)41-25-12-9-24(32)10-13-25/h5-10,12-14,17-19,29-30,41H,2-4,11,15-16,36-37H2,1H3,(H,39,40)/b28-18-,42-26?. The topological polar surface area (TPSA) is 114 Å². The number of rotatable bonds is 15. The van der Waals surface area contributed by atoms with E-state index < -0.39 is 18.4 Å². The molecule has 3 rings (SSSR count). The highest BCUT2D eigenvalue weighted by Gasteiger charge is 2.23. The van der Waals surface area contributed by atoms with Crippen molar-refractivity contribution in [3.8, 4) is 0 Å². The lowest BCUT2D eigenvalue weighted by Gasteiger charge is -2.17. The van der Waals surface area contributed by atoms with Crippen LogP contribution >= 0.6 is 0 Å². The Morgan fingerprint density at radius 2 is 1.79 bits per heavy atom.